The van der Waals surface area contributed by atoms with Crippen LogP contribution in [0.25, 0.3) is 0 Å². The summed E-state index contributed by atoms with van der Waals surface area (Å²) >= 11 is 0. The van der Waals surface area contributed by atoms with Crippen LogP contribution in [0.4, 0.5) is 10.5 Å². The van der Waals surface area contributed by atoms with Crippen LogP contribution in [0.3, 0.4) is 0 Å². The summed E-state index contributed by atoms with van der Waals surface area (Å²) in [6.07, 6.45) is 1.91. The summed E-state index contributed by atoms with van der Waals surface area (Å²) in [5, 5.41) is 12.2. The van der Waals surface area contributed by atoms with Crippen molar-refractivity contribution in [2.75, 3.05) is 5.32 Å². The van der Waals surface area contributed by atoms with Crippen LogP contribution in [-0.2, 0) is 12.8 Å². The Labute approximate surface area is 88.1 Å². The summed E-state index contributed by atoms with van der Waals surface area (Å²) in [7, 11) is 0. The van der Waals surface area contributed by atoms with E-state index in [-0.39, 0.29) is 6.10 Å². The van der Waals surface area contributed by atoms with Gasteiger partial charge in [0.05, 0.1) is 6.10 Å². The van der Waals surface area contributed by atoms with E-state index in [0.29, 0.717) is 6.42 Å². The number of primary amides is 1. The highest BCUT2D eigenvalue weighted by molar-refractivity contribution is 5.89. The van der Waals surface area contributed by atoms with Crippen molar-refractivity contribution in [1.29, 1.82) is 0 Å². The molecule has 0 spiro atoms. The zero-order valence-electron chi connectivity index (χ0n) is 8.36. The number of anilines is 1. The molecule has 2 rings (SSSR count). The SMILES string of the molecule is NC(=O)Nc1cccc2c1C[C@@H](O)CC2. The number of aliphatic hydroxyl groups is 1. The van der Waals surface area contributed by atoms with E-state index in [0.717, 1.165) is 24.1 Å². The van der Waals surface area contributed by atoms with E-state index < -0.39 is 6.03 Å². The fraction of sp³-hybridized carbons (Fsp3) is 0.364. The van der Waals surface area contributed by atoms with Crippen molar-refractivity contribution in [3.05, 3.63) is 29.3 Å². The summed E-state index contributed by atoms with van der Waals surface area (Å²) in [6, 6.07) is 5.15. The predicted octanol–water partition coefficient (Wildman–Crippen LogP) is 1.03. The van der Waals surface area contributed by atoms with Gasteiger partial charge in [0.1, 0.15) is 0 Å². The van der Waals surface area contributed by atoms with Crippen LogP contribution in [0.2, 0.25) is 0 Å². The van der Waals surface area contributed by atoms with Gasteiger partial charge in [-0.2, -0.15) is 0 Å². The van der Waals surface area contributed by atoms with Crippen molar-refractivity contribution >= 4 is 11.7 Å². The van der Waals surface area contributed by atoms with Crippen molar-refractivity contribution in [3.63, 3.8) is 0 Å². The van der Waals surface area contributed by atoms with E-state index in [9.17, 15) is 9.90 Å². The lowest BCUT2D eigenvalue weighted by molar-refractivity contribution is 0.159. The molecule has 4 nitrogen and oxygen atoms in total. The molecule has 4 heteroatoms. The Morgan fingerprint density at radius 3 is 3.07 bits per heavy atom. The fourth-order valence-electron chi connectivity index (χ4n) is 2.02. The van der Waals surface area contributed by atoms with Gasteiger partial charge in [-0.05, 0) is 30.0 Å². The van der Waals surface area contributed by atoms with E-state index >= 15 is 0 Å². The number of rotatable bonds is 1. The average Bonchev–Trinajstić information content (AvgIpc) is 2.18. The normalized spacial score (nSPS) is 19.4. The number of benzene rings is 1. The molecule has 0 aliphatic heterocycles. The van der Waals surface area contributed by atoms with Gasteiger partial charge in [0.2, 0.25) is 0 Å². The number of carbonyl (C=O) groups excluding carboxylic acids is 1. The number of aliphatic hydroxyl groups excluding tert-OH is 1. The molecular weight excluding hydrogens is 192 g/mol. The molecule has 1 aromatic carbocycles. The molecule has 0 heterocycles. The van der Waals surface area contributed by atoms with Crippen molar-refractivity contribution in [1.82, 2.24) is 0 Å². The van der Waals surface area contributed by atoms with Crippen molar-refractivity contribution in [3.8, 4) is 0 Å². The smallest absolute Gasteiger partial charge is 0.316 e. The lowest BCUT2D eigenvalue weighted by Crippen LogP contribution is -2.24. The molecule has 15 heavy (non-hydrogen) atoms. The van der Waals surface area contributed by atoms with Crippen molar-refractivity contribution < 1.29 is 9.90 Å². The van der Waals surface area contributed by atoms with Crippen molar-refractivity contribution in [2.24, 2.45) is 5.73 Å². The number of fused-ring (bicyclic) bond motifs is 1. The Bertz CT molecular complexity index is 390. The highest BCUT2D eigenvalue weighted by Gasteiger charge is 2.19. The number of urea groups is 1. The zero-order chi connectivity index (χ0) is 10.8. The number of hydrogen-bond acceptors (Lipinski definition) is 2. The van der Waals surface area contributed by atoms with Crippen LogP contribution in [0.1, 0.15) is 17.5 Å². The van der Waals surface area contributed by atoms with Gasteiger partial charge in [0.25, 0.3) is 0 Å². The number of nitrogens with two attached hydrogens (primary N) is 1. The highest BCUT2D eigenvalue weighted by atomic mass is 16.3. The van der Waals surface area contributed by atoms with Gasteiger partial charge in [-0.1, -0.05) is 12.1 Å². The van der Waals surface area contributed by atoms with Gasteiger partial charge in [-0.3, -0.25) is 0 Å². The minimum Gasteiger partial charge on any atom is -0.393 e. The van der Waals surface area contributed by atoms with Gasteiger partial charge in [-0.25, -0.2) is 4.79 Å². The molecule has 0 saturated carbocycles. The predicted molar refractivity (Wildman–Crippen MR) is 57.7 cm³/mol. The summed E-state index contributed by atoms with van der Waals surface area (Å²) < 4.78 is 0. The average molecular weight is 206 g/mol. The van der Waals surface area contributed by atoms with E-state index in [1.807, 2.05) is 18.2 Å². The molecule has 1 atom stereocenters. The van der Waals surface area contributed by atoms with Gasteiger partial charge < -0.3 is 16.2 Å². The summed E-state index contributed by atoms with van der Waals surface area (Å²) in [5.74, 6) is 0. The monoisotopic (exact) mass is 206 g/mol. The quantitative estimate of drug-likeness (QED) is 0.641. The minimum absolute atomic E-state index is 0.312. The van der Waals surface area contributed by atoms with Crippen LogP contribution >= 0.6 is 0 Å². The Kier molecular flexibility index (Phi) is 2.60. The second-order valence-corrected chi connectivity index (χ2v) is 3.83. The molecule has 0 aromatic heterocycles. The van der Waals surface area contributed by atoms with Crippen LogP contribution in [0, 0.1) is 0 Å². The van der Waals surface area contributed by atoms with Gasteiger partial charge >= 0.3 is 6.03 Å². The molecule has 1 aliphatic rings. The van der Waals surface area contributed by atoms with Crippen molar-refractivity contribution in [2.45, 2.75) is 25.4 Å². The number of nitrogens with one attached hydrogen (secondary N) is 1. The third-order valence-corrected chi connectivity index (χ3v) is 2.72. The van der Waals surface area contributed by atoms with Crippen LogP contribution < -0.4 is 11.1 Å². The Morgan fingerprint density at radius 2 is 2.33 bits per heavy atom. The second kappa shape index (κ2) is 3.90. The molecule has 0 radical (unpaired) electrons. The highest BCUT2D eigenvalue weighted by Crippen LogP contribution is 2.27. The lowest BCUT2D eigenvalue weighted by atomic mass is 9.88. The maximum atomic E-state index is 10.8. The van der Waals surface area contributed by atoms with E-state index in [1.165, 1.54) is 5.56 Å². The first-order valence-electron chi connectivity index (χ1n) is 5.02. The number of hydrogen-bond donors (Lipinski definition) is 3. The molecule has 0 saturated heterocycles. The number of carbonyl (C=O) groups is 1. The lowest BCUT2D eigenvalue weighted by Gasteiger charge is -2.23. The Morgan fingerprint density at radius 1 is 1.53 bits per heavy atom. The topological polar surface area (TPSA) is 75.4 Å². The first-order valence-corrected chi connectivity index (χ1v) is 5.02. The summed E-state index contributed by atoms with van der Waals surface area (Å²) in [5.41, 5.74) is 8.00. The van der Waals surface area contributed by atoms with E-state index in [4.69, 9.17) is 5.73 Å². The molecule has 80 valence electrons. The maximum absolute atomic E-state index is 10.8. The molecule has 1 aliphatic carbocycles. The fourth-order valence-corrected chi connectivity index (χ4v) is 2.02. The third-order valence-electron chi connectivity index (χ3n) is 2.72. The van der Waals surface area contributed by atoms with Crippen LogP contribution in [0.15, 0.2) is 18.2 Å². The first kappa shape index (κ1) is 9.98. The number of aryl methyl sites for hydroxylation is 1. The molecule has 0 bridgehead atoms. The molecule has 0 unspecified atom stereocenters. The van der Waals surface area contributed by atoms with Gasteiger partial charge in [-0.15, -0.1) is 0 Å². The van der Waals surface area contributed by atoms with E-state index in [1.54, 1.807) is 0 Å². The summed E-state index contributed by atoms with van der Waals surface area (Å²) in [4.78, 5) is 10.8. The minimum atomic E-state index is -0.566. The number of amides is 2. The molecule has 2 amide bonds. The van der Waals surface area contributed by atoms with Gasteiger partial charge in [0, 0.05) is 12.1 Å². The zero-order valence-corrected chi connectivity index (χ0v) is 8.36. The van der Waals surface area contributed by atoms with Gasteiger partial charge in [0.15, 0.2) is 0 Å². The van der Waals surface area contributed by atoms with Crippen LogP contribution in [0.5, 0.6) is 0 Å². The molecular formula is C11H14N2O2. The maximum Gasteiger partial charge on any atom is 0.316 e. The standard InChI is InChI=1S/C11H14N2O2/c12-11(15)13-10-3-1-2-7-4-5-8(14)6-9(7)10/h1-3,8,14H,4-6H2,(H3,12,13,15)/t8-/m0/s1. The molecule has 1 aromatic rings. The largest absolute Gasteiger partial charge is 0.393 e. The second-order valence-electron chi connectivity index (χ2n) is 3.83. The Balaban J connectivity index is 2.35. The third kappa shape index (κ3) is 2.10. The van der Waals surface area contributed by atoms with Crippen LogP contribution in [-0.4, -0.2) is 17.2 Å². The van der Waals surface area contributed by atoms with E-state index in [2.05, 4.69) is 5.32 Å². The Hall–Kier alpha value is -1.55. The first-order chi connectivity index (χ1) is 7.16. The summed E-state index contributed by atoms with van der Waals surface area (Å²) in [6.45, 7) is 0. The molecule has 0 fully saturated rings. The molecule has 4 N–H and O–H groups in total.